The van der Waals surface area contributed by atoms with Gasteiger partial charge in [-0.2, -0.15) is 0 Å². The molecule has 0 saturated carbocycles. The number of furan rings is 1. The molecule has 0 spiro atoms. The zero-order valence-corrected chi connectivity index (χ0v) is 11.3. The number of hydrogen-bond donors (Lipinski definition) is 2. The SMILES string of the molecule is Cc1nc(NC(=O)c2ccc(CN)o2)ccc1Br. The fourth-order valence-corrected chi connectivity index (χ4v) is 1.62. The second kappa shape index (κ2) is 5.32. The molecule has 0 radical (unpaired) electrons. The van der Waals surface area contributed by atoms with Gasteiger partial charge in [-0.25, -0.2) is 4.98 Å². The van der Waals surface area contributed by atoms with Crippen LogP contribution in [0.1, 0.15) is 22.0 Å². The first-order chi connectivity index (χ1) is 8.60. The molecule has 0 aliphatic rings. The van der Waals surface area contributed by atoms with Gasteiger partial charge in [0.05, 0.1) is 12.2 Å². The summed E-state index contributed by atoms with van der Waals surface area (Å²) >= 11 is 3.35. The lowest BCUT2D eigenvalue weighted by molar-refractivity contribution is 0.0994. The van der Waals surface area contributed by atoms with E-state index in [9.17, 15) is 4.79 Å². The number of halogens is 1. The molecule has 0 aliphatic carbocycles. The van der Waals surface area contributed by atoms with E-state index in [0.717, 1.165) is 10.2 Å². The van der Waals surface area contributed by atoms with E-state index in [-0.39, 0.29) is 18.2 Å². The molecule has 2 aromatic rings. The largest absolute Gasteiger partial charge is 0.455 e. The average Bonchev–Trinajstić information content (AvgIpc) is 2.82. The minimum atomic E-state index is -0.344. The maximum Gasteiger partial charge on any atom is 0.292 e. The number of carbonyl (C=O) groups excluding carboxylic acids is 1. The molecule has 6 heteroatoms. The molecular formula is C12H12BrN3O2. The molecule has 0 aromatic carbocycles. The van der Waals surface area contributed by atoms with E-state index in [1.54, 1.807) is 18.2 Å². The van der Waals surface area contributed by atoms with Gasteiger partial charge in [0.25, 0.3) is 5.91 Å². The standard InChI is InChI=1S/C12H12BrN3O2/c1-7-9(13)3-5-11(15-7)16-12(17)10-4-2-8(6-14)18-10/h2-5H,6,14H2,1H3,(H,15,16,17). The Hall–Kier alpha value is -1.66. The number of aryl methyl sites for hydroxylation is 1. The molecular weight excluding hydrogens is 298 g/mol. The number of carbonyl (C=O) groups is 1. The van der Waals surface area contributed by atoms with Crippen LogP contribution < -0.4 is 11.1 Å². The minimum absolute atomic E-state index is 0.220. The van der Waals surface area contributed by atoms with Gasteiger partial charge in [-0.3, -0.25) is 4.79 Å². The molecule has 0 unspecified atom stereocenters. The lowest BCUT2D eigenvalue weighted by Gasteiger charge is -2.04. The fraction of sp³-hybridized carbons (Fsp3) is 0.167. The van der Waals surface area contributed by atoms with Crippen LogP contribution in [0.15, 0.2) is 33.2 Å². The third-order valence-corrected chi connectivity index (χ3v) is 3.19. The highest BCUT2D eigenvalue weighted by Gasteiger charge is 2.11. The van der Waals surface area contributed by atoms with Crippen molar-refractivity contribution in [1.29, 1.82) is 0 Å². The number of pyridine rings is 1. The predicted molar refractivity (Wildman–Crippen MR) is 71.2 cm³/mol. The monoisotopic (exact) mass is 309 g/mol. The average molecular weight is 310 g/mol. The number of nitrogens with one attached hydrogen (secondary N) is 1. The van der Waals surface area contributed by atoms with Crippen LogP contribution in [0.3, 0.4) is 0 Å². The topological polar surface area (TPSA) is 81.2 Å². The first kappa shape index (κ1) is 12.8. The van der Waals surface area contributed by atoms with E-state index in [4.69, 9.17) is 10.2 Å². The van der Waals surface area contributed by atoms with Gasteiger partial charge in [0.2, 0.25) is 0 Å². The maximum absolute atomic E-state index is 11.8. The molecule has 18 heavy (non-hydrogen) atoms. The molecule has 0 saturated heterocycles. The Labute approximate surface area is 113 Å². The third kappa shape index (κ3) is 2.77. The van der Waals surface area contributed by atoms with Crippen molar-refractivity contribution < 1.29 is 9.21 Å². The summed E-state index contributed by atoms with van der Waals surface area (Å²) in [5.74, 6) is 0.924. The Balaban J connectivity index is 2.13. The summed E-state index contributed by atoms with van der Waals surface area (Å²) in [6, 6.07) is 6.80. The van der Waals surface area contributed by atoms with Gasteiger partial charge in [-0.1, -0.05) is 0 Å². The summed E-state index contributed by atoms with van der Waals surface area (Å²) in [4.78, 5) is 16.1. The molecule has 2 aromatic heterocycles. The predicted octanol–water partition coefficient (Wildman–Crippen LogP) is 2.46. The molecule has 94 valence electrons. The summed E-state index contributed by atoms with van der Waals surface area (Å²) in [5, 5.41) is 2.66. The highest BCUT2D eigenvalue weighted by molar-refractivity contribution is 9.10. The maximum atomic E-state index is 11.8. The molecule has 0 atom stereocenters. The Morgan fingerprint density at radius 1 is 1.44 bits per heavy atom. The lowest BCUT2D eigenvalue weighted by atomic mass is 10.3. The zero-order chi connectivity index (χ0) is 13.1. The van der Waals surface area contributed by atoms with Crippen LogP contribution in [-0.4, -0.2) is 10.9 Å². The van der Waals surface area contributed by atoms with Crippen molar-refractivity contribution in [3.63, 3.8) is 0 Å². The van der Waals surface area contributed by atoms with Crippen molar-refractivity contribution in [2.24, 2.45) is 5.73 Å². The Bertz CT molecular complexity index is 580. The number of nitrogens with two attached hydrogens (primary N) is 1. The minimum Gasteiger partial charge on any atom is -0.455 e. The van der Waals surface area contributed by atoms with Gasteiger partial charge in [0.1, 0.15) is 11.6 Å². The lowest BCUT2D eigenvalue weighted by Crippen LogP contribution is -2.12. The molecule has 1 amide bonds. The van der Waals surface area contributed by atoms with E-state index in [1.807, 2.05) is 13.0 Å². The van der Waals surface area contributed by atoms with Crippen molar-refractivity contribution in [1.82, 2.24) is 4.98 Å². The van der Waals surface area contributed by atoms with Crippen LogP contribution in [-0.2, 0) is 6.54 Å². The summed E-state index contributed by atoms with van der Waals surface area (Å²) in [7, 11) is 0. The number of rotatable bonds is 3. The highest BCUT2D eigenvalue weighted by Crippen LogP contribution is 2.17. The van der Waals surface area contributed by atoms with Crippen molar-refractivity contribution in [3.8, 4) is 0 Å². The van der Waals surface area contributed by atoms with E-state index < -0.39 is 0 Å². The second-order valence-electron chi connectivity index (χ2n) is 3.69. The molecule has 3 N–H and O–H groups in total. The first-order valence-corrected chi connectivity index (χ1v) is 6.12. The van der Waals surface area contributed by atoms with Crippen LogP contribution in [0.5, 0.6) is 0 Å². The highest BCUT2D eigenvalue weighted by atomic mass is 79.9. The molecule has 0 fully saturated rings. The molecule has 2 rings (SSSR count). The van der Waals surface area contributed by atoms with E-state index in [2.05, 4.69) is 26.2 Å². The molecule has 0 bridgehead atoms. The molecule has 2 heterocycles. The molecule has 0 aliphatic heterocycles. The summed E-state index contributed by atoms with van der Waals surface area (Å²) < 4.78 is 6.14. The normalized spacial score (nSPS) is 10.4. The fourth-order valence-electron chi connectivity index (χ4n) is 1.40. The van der Waals surface area contributed by atoms with Crippen LogP contribution in [0.4, 0.5) is 5.82 Å². The van der Waals surface area contributed by atoms with Gasteiger partial charge in [0.15, 0.2) is 5.76 Å². The van der Waals surface area contributed by atoms with Crippen LogP contribution >= 0.6 is 15.9 Å². The van der Waals surface area contributed by atoms with Crippen molar-refractivity contribution in [2.75, 3.05) is 5.32 Å². The third-order valence-electron chi connectivity index (χ3n) is 2.35. The summed E-state index contributed by atoms with van der Waals surface area (Å²) in [6.07, 6.45) is 0. The Morgan fingerprint density at radius 3 is 2.83 bits per heavy atom. The van der Waals surface area contributed by atoms with E-state index in [1.165, 1.54) is 0 Å². The smallest absolute Gasteiger partial charge is 0.292 e. The molecule has 5 nitrogen and oxygen atoms in total. The number of aromatic nitrogens is 1. The van der Waals surface area contributed by atoms with Gasteiger partial charge in [-0.15, -0.1) is 0 Å². The Morgan fingerprint density at radius 2 is 2.22 bits per heavy atom. The van der Waals surface area contributed by atoms with E-state index >= 15 is 0 Å². The van der Waals surface area contributed by atoms with Crippen molar-refractivity contribution in [3.05, 3.63) is 46.0 Å². The van der Waals surface area contributed by atoms with Gasteiger partial charge >= 0.3 is 0 Å². The van der Waals surface area contributed by atoms with Crippen LogP contribution in [0.25, 0.3) is 0 Å². The van der Waals surface area contributed by atoms with E-state index in [0.29, 0.717) is 11.6 Å². The second-order valence-corrected chi connectivity index (χ2v) is 4.54. The first-order valence-electron chi connectivity index (χ1n) is 5.33. The van der Waals surface area contributed by atoms with Crippen molar-refractivity contribution in [2.45, 2.75) is 13.5 Å². The van der Waals surface area contributed by atoms with Crippen LogP contribution in [0.2, 0.25) is 0 Å². The number of amides is 1. The number of nitrogens with zero attached hydrogens (tertiary/aromatic N) is 1. The zero-order valence-electron chi connectivity index (χ0n) is 9.74. The van der Waals surface area contributed by atoms with Crippen LogP contribution in [0, 0.1) is 6.92 Å². The van der Waals surface area contributed by atoms with Gasteiger partial charge < -0.3 is 15.5 Å². The number of anilines is 1. The quantitative estimate of drug-likeness (QED) is 0.912. The van der Waals surface area contributed by atoms with Gasteiger partial charge in [-0.05, 0) is 47.1 Å². The van der Waals surface area contributed by atoms with Gasteiger partial charge in [0, 0.05) is 4.47 Å². The number of hydrogen-bond acceptors (Lipinski definition) is 4. The summed E-state index contributed by atoms with van der Waals surface area (Å²) in [5.41, 5.74) is 6.21. The summed E-state index contributed by atoms with van der Waals surface area (Å²) in [6.45, 7) is 2.11. The van der Waals surface area contributed by atoms with Crippen molar-refractivity contribution >= 4 is 27.7 Å². The Kier molecular flexibility index (Phi) is 3.78.